The minimum Gasteiger partial charge on any atom is -0.356 e. The highest BCUT2D eigenvalue weighted by Crippen LogP contribution is 2.24. The van der Waals surface area contributed by atoms with Gasteiger partial charge in [-0.3, -0.25) is 4.99 Å². The molecular formula is C17H28IN5O2S3. The Bertz CT molecular complexity index is 887. The van der Waals surface area contributed by atoms with Gasteiger partial charge in [0.15, 0.2) is 5.96 Å². The predicted molar refractivity (Wildman–Crippen MR) is 129 cm³/mol. The second kappa shape index (κ2) is 11.4. The normalized spacial score (nSPS) is 12.0. The highest BCUT2D eigenvalue weighted by Gasteiger charge is 2.18. The molecular weight excluding hydrogens is 529 g/mol. The summed E-state index contributed by atoms with van der Waals surface area (Å²) in [6.07, 6.45) is 0.823. The molecule has 0 saturated heterocycles. The van der Waals surface area contributed by atoms with Gasteiger partial charge in [-0.1, -0.05) is 0 Å². The Labute approximate surface area is 192 Å². The fraction of sp³-hybridized carbons (Fsp3) is 0.529. The van der Waals surface area contributed by atoms with Crippen LogP contribution in [-0.4, -0.2) is 46.0 Å². The number of halogens is 1. The number of aromatic nitrogens is 1. The van der Waals surface area contributed by atoms with Gasteiger partial charge in [0.05, 0.1) is 15.6 Å². The second-order valence-electron chi connectivity index (χ2n) is 6.10. The number of thiazole rings is 1. The van der Waals surface area contributed by atoms with Gasteiger partial charge >= 0.3 is 0 Å². The quantitative estimate of drug-likeness (QED) is 0.201. The van der Waals surface area contributed by atoms with Crippen molar-refractivity contribution in [3.8, 4) is 0 Å². The largest absolute Gasteiger partial charge is 0.356 e. The number of hydrogen-bond donors (Lipinski definition) is 3. The van der Waals surface area contributed by atoms with E-state index in [4.69, 9.17) is 0 Å². The lowest BCUT2D eigenvalue weighted by atomic mass is 10.4. The first kappa shape index (κ1) is 25.3. The van der Waals surface area contributed by atoms with Crippen LogP contribution in [0.3, 0.4) is 0 Å². The summed E-state index contributed by atoms with van der Waals surface area (Å²) in [6, 6.07) is 1.71. The van der Waals surface area contributed by atoms with E-state index in [2.05, 4.69) is 32.3 Å². The standard InChI is InChI=1S/C17H27N5O2S3.HI/c1-11-10-15(14(4)25-11)27(23,24)21-9-8-20-17(18-5)19-7-6-16-22-12(2)13(3)26-16;/h10,21H,6-9H2,1-5H3,(H2,18,19,20);1H. The summed E-state index contributed by atoms with van der Waals surface area (Å²) in [5, 5.41) is 7.43. The molecule has 11 heteroatoms. The van der Waals surface area contributed by atoms with E-state index in [9.17, 15) is 8.42 Å². The Morgan fingerprint density at radius 3 is 2.29 bits per heavy atom. The van der Waals surface area contributed by atoms with Gasteiger partial charge in [0.2, 0.25) is 10.0 Å². The highest BCUT2D eigenvalue weighted by molar-refractivity contribution is 14.0. The second-order valence-corrected chi connectivity index (χ2v) is 10.6. The zero-order valence-electron chi connectivity index (χ0n) is 16.7. The molecule has 2 rings (SSSR count). The van der Waals surface area contributed by atoms with Gasteiger partial charge in [0.25, 0.3) is 0 Å². The average molecular weight is 558 g/mol. The molecule has 2 aromatic rings. The Hall–Kier alpha value is -0.760. The number of rotatable bonds is 8. The number of nitrogens with zero attached hydrogens (tertiary/aromatic N) is 2. The number of nitrogens with one attached hydrogen (secondary N) is 3. The lowest BCUT2D eigenvalue weighted by Gasteiger charge is -2.12. The zero-order valence-corrected chi connectivity index (χ0v) is 21.5. The van der Waals surface area contributed by atoms with Crippen molar-refractivity contribution in [3.63, 3.8) is 0 Å². The van der Waals surface area contributed by atoms with Crippen molar-refractivity contribution >= 4 is 62.6 Å². The Kier molecular flexibility index (Phi) is 10.3. The first-order chi connectivity index (χ1) is 12.7. The predicted octanol–water partition coefficient (Wildman–Crippen LogP) is 2.74. The van der Waals surface area contributed by atoms with E-state index in [1.54, 1.807) is 24.5 Å². The molecule has 2 aromatic heterocycles. The number of guanidine groups is 1. The highest BCUT2D eigenvalue weighted by atomic mass is 127. The van der Waals surface area contributed by atoms with E-state index in [1.807, 2.05) is 20.8 Å². The molecule has 0 amide bonds. The van der Waals surface area contributed by atoms with Gasteiger partial charge in [-0.05, 0) is 33.8 Å². The van der Waals surface area contributed by atoms with Crippen LogP contribution in [0.25, 0.3) is 0 Å². The average Bonchev–Trinajstić information content (AvgIpc) is 3.11. The minimum atomic E-state index is -3.48. The molecule has 0 aromatic carbocycles. The molecule has 0 fully saturated rings. The molecule has 0 unspecified atom stereocenters. The third-order valence-corrected chi connectivity index (χ3v) is 7.74. The molecule has 0 saturated carbocycles. The number of hydrogen-bond acceptors (Lipinski definition) is 6. The fourth-order valence-corrected chi connectivity index (χ4v) is 5.99. The van der Waals surface area contributed by atoms with Crippen molar-refractivity contribution in [1.29, 1.82) is 0 Å². The van der Waals surface area contributed by atoms with Gasteiger partial charge in [-0.15, -0.1) is 46.7 Å². The third-order valence-electron chi connectivity index (χ3n) is 3.92. The molecule has 0 bridgehead atoms. The summed E-state index contributed by atoms with van der Waals surface area (Å²) < 4.78 is 27.3. The van der Waals surface area contributed by atoms with Crippen LogP contribution in [0, 0.1) is 27.7 Å². The molecule has 0 aliphatic carbocycles. The van der Waals surface area contributed by atoms with Crippen molar-refractivity contribution in [2.75, 3.05) is 26.7 Å². The molecule has 7 nitrogen and oxygen atoms in total. The van der Waals surface area contributed by atoms with Crippen molar-refractivity contribution < 1.29 is 8.42 Å². The maximum atomic E-state index is 12.4. The summed E-state index contributed by atoms with van der Waals surface area (Å²) in [5.74, 6) is 0.641. The van der Waals surface area contributed by atoms with Crippen LogP contribution >= 0.6 is 46.7 Å². The van der Waals surface area contributed by atoms with E-state index < -0.39 is 10.0 Å². The van der Waals surface area contributed by atoms with E-state index in [0.29, 0.717) is 23.9 Å². The number of thiophene rings is 1. The van der Waals surface area contributed by atoms with Gasteiger partial charge in [-0.25, -0.2) is 18.1 Å². The van der Waals surface area contributed by atoms with Crippen LogP contribution < -0.4 is 15.4 Å². The van der Waals surface area contributed by atoms with Crippen molar-refractivity contribution in [2.45, 2.75) is 39.0 Å². The summed E-state index contributed by atoms with van der Waals surface area (Å²) in [4.78, 5) is 12.1. The topological polar surface area (TPSA) is 95.5 Å². The molecule has 0 radical (unpaired) electrons. The van der Waals surface area contributed by atoms with E-state index in [1.165, 1.54) is 16.2 Å². The van der Waals surface area contributed by atoms with Gasteiger partial charge < -0.3 is 10.6 Å². The monoisotopic (exact) mass is 557 g/mol. The number of aryl methyl sites for hydroxylation is 4. The van der Waals surface area contributed by atoms with Crippen LogP contribution in [0.1, 0.15) is 25.3 Å². The smallest absolute Gasteiger partial charge is 0.241 e. The summed E-state index contributed by atoms with van der Waals surface area (Å²) >= 11 is 3.20. The lowest BCUT2D eigenvalue weighted by molar-refractivity contribution is 0.580. The van der Waals surface area contributed by atoms with E-state index in [0.717, 1.165) is 26.9 Å². The Morgan fingerprint density at radius 1 is 1.07 bits per heavy atom. The first-order valence-corrected chi connectivity index (χ1v) is 11.8. The molecule has 2 heterocycles. The summed E-state index contributed by atoms with van der Waals surface area (Å²) in [5.41, 5.74) is 1.08. The zero-order chi connectivity index (χ0) is 20.0. The maximum Gasteiger partial charge on any atom is 0.241 e. The van der Waals surface area contributed by atoms with Gasteiger partial charge in [0, 0.05) is 47.7 Å². The number of aliphatic imine (C=N–C) groups is 1. The molecule has 0 spiro atoms. The van der Waals surface area contributed by atoms with Crippen LogP contribution in [0.15, 0.2) is 16.0 Å². The first-order valence-electron chi connectivity index (χ1n) is 8.67. The number of sulfonamides is 1. The van der Waals surface area contributed by atoms with E-state index in [-0.39, 0.29) is 30.5 Å². The van der Waals surface area contributed by atoms with Crippen LogP contribution in [0.2, 0.25) is 0 Å². The molecule has 0 aliphatic heterocycles. The summed E-state index contributed by atoms with van der Waals surface area (Å²) in [6.45, 7) is 9.25. The molecule has 28 heavy (non-hydrogen) atoms. The molecule has 158 valence electrons. The molecule has 3 N–H and O–H groups in total. The van der Waals surface area contributed by atoms with Crippen LogP contribution in [-0.2, 0) is 16.4 Å². The van der Waals surface area contributed by atoms with Gasteiger partial charge in [0.1, 0.15) is 0 Å². The Morgan fingerprint density at radius 2 is 1.75 bits per heavy atom. The minimum absolute atomic E-state index is 0. The third kappa shape index (κ3) is 7.25. The molecule has 0 atom stereocenters. The SMILES string of the molecule is CN=C(NCCNS(=O)(=O)c1cc(C)sc1C)NCCc1nc(C)c(C)s1.I. The van der Waals surface area contributed by atoms with Crippen LogP contribution in [0.5, 0.6) is 0 Å². The maximum absolute atomic E-state index is 12.4. The van der Waals surface area contributed by atoms with Gasteiger partial charge in [-0.2, -0.15) is 0 Å². The molecule has 0 aliphatic rings. The van der Waals surface area contributed by atoms with Crippen molar-refractivity contribution in [1.82, 2.24) is 20.3 Å². The van der Waals surface area contributed by atoms with E-state index >= 15 is 0 Å². The lowest BCUT2D eigenvalue weighted by Crippen LogP contribution is -2.42. The summed E-state index contributed by atoms with van der Waals surface area (Å²) in [7, 11) is -1.79. The Balaban J connectivity index is 0.00000392. The van der Waals surface area contributed by atoms with Crippen LogP contribution in [0.4, 0.5) is 0 Å². The van der Waals surface area contributed by atoms with Crippen molar-refractivity contribution in [2.24, 2.45) is 4.99 Å². The fourth-order valence-electron chi connectivity index (χ4n) is 2.47. The van der Waals surface area contributed by atoms with Crippen molar-refractivity contribution in [3.05, 3.63) is 31.4 Å².